The molecule has 4 rings (SSSR count). The molecule has 2 aromatic heterocycles. The quantitative estimate of drug-likeness (QED) is 0.661. The fourth-order valence-electron chi connectivity index (χ4n) is 3.49. The molecule has 3 heterocycles. The maximum Gasteiger partial charge on any atom is 0.230 e. The Labute approximate surface area is 171 Å². The highest BCUT2D eigenvalue weighted by Gasteiger charge is 2.33. The van der Waals surface area contributed by atoms with E-state index < -0.39 is 0 Å². The van der Waals surface area contributed by atoms with Crippen LogP contribution in [0, 0.1) is 0 Å². The lowest BCUT2D eigenvalue weighted by Gasteiger charge is -2.36. The Morgan fingerprint density at radius 1 is 1.30 bits per heavy atom. The maximum absolute atomic E-state index is 10.9. The first kappa shape index (κ1) is 19.0. The lowest BCUT2D eigenvalue weighted by atomic mass is 9.99. The van der Waals surface area contributed by atoms with Crippen molar-refractivity contribution >= 4 is 39.5 Å². The van der Waals surface area contributed by atoms with Gasteiger partial charge in [0.25, 0.3) is 0 Å². The first-order valence-corrected chi connectivity index (χ1v) is 10.5. The van der Waals surface area contributed by atoms with Crippen molar-refractivity contribution < 1.29 is 10.2 Å². The zero-order valence-corrected chi connectivity index (χ0v) is 17.1. The Morgan fingerprint density at radius 2 is 2.04 bits per heavy atom. The van der Waals surface area contributed by atoms with Crippen LogP contribution in [-0.4, -0.2) is 48.9 Å². The Hall–Kier alpha value is -1.38. The molecule has 27 heavy (non-hydrogen) atoms. The first-order valence-electron chi connectivity index (χ1n) is 8.92. The Bertz CT molecular complexity index is 966. The third-order valence-corrected chi connectivity index (χ3v) is 6.56. The number of fused-ring (bicyclic) bond motifs is 1. The van der Waals surface area contributed by atoms with Gasteiger partial charge in [-0.05, 0) is 30.5 Å². The van der Waals surface area contributed by atoms with Gasteiger partial charge in [0.15, 0.2) is 5.82 Å². The number of piperidine rings is 1. The number of halogens is 2. The Kier molecular flexibility index (Phi) is 5.31. The van der Waals surface area contributed by atoms with Gasteiger partial charge in [-0.3, -0.25) is 4.90 Å². The molecule has 1 unspecified atom stereocenters. The molecule has 0 amide bonds. The lowest BCUT2D eigenvalue weighted by molar-refractivity contribution is 0.0690. The minimum absolute atomic E-state index is 0.0874. The third kappa shape index (κ3) is 3.54. The van der Waals surface area contributed by atoms with Crippen molar-refractivity contribution in [2.24, 2.45) is 0 Å². The van der Waals surface area contributed by atoms with Gasteiger partial charge in [-0.15, -0.1) is 5.10 Å². The van der Waals surface area contributed by atoms with Crippen LogP contribution in [-0.2, 0) is 6.42 Å². The van der Waals surface area contributed by atoms with E-state index in [0.29, 0.717) is 53.2 Å². The van der Waals surface area contributed by atoms with Gasteiger partial charge in [0.1, 0.15) is 0 Å². The molecule has 0 radical (unpaired) electrons. The number of aliphatic hydroxyl groups excluding tert-OH is 1. The van der Waals surface area contributed by atoms with Crippen LogP contribution < -0.4 is 0 Å². The molecule has 144 valence electrons. The number of aliphatic hydroxyl groups is 1. The van der Waals surface area contributed by atoms with Gasteiger partial charge in [0.2, 0.25) is 10.8 Å². The van der Waals surface area contributed by atoms with Crippen molar-refractivity contribution in [2.45, 2.75) is 38.3 Å². The molecule has 1 aliphatic rings. The molecule has 3 aromatic rings. The zero-order valence-electron chi connectivity index (χ0n) is 14.8. The summed E-state index contributed by atoms with van der Waals surface area (Å²) >= 11 is 14.0. The van der Waals surface area contributed by atoms with Gasteiger partial charge in [-0.25, -0.2) is 4.98 Å². The number of nitrogens with zero attached hydrogens (tertiary/aromatic N) is 4. The highest BCUT2D eigenvalue weighted by atomic mass is 35.5. The van der Waals surface area contributed by atoms with Crippen molar-refractivity contribution in [3.63, 3.8) is 0 Å². The molecule has 0 saturated carbocycles. The fraction of sp³-hybridized carbons (Fsp3) is 0.444. The average Bonchev–Trinajstić information content (AvgIpc) is 3.18. The predicted octanol–water partition coefficient (Wildman–Crippen LogP) is 3.91. The smallest absolute Gasteiger partial charge is 0.230 e. The van der Waals surface area contributed by atoms with E-state index in [4.69, 9.17) is 23.2 Å². The second-order valence-electron chi connectivity index (χ2n) is 6.70. The van der Waals surface area contributed by atoms with Crippen molar-refractivity contribution in [3.8, 4) is 5.88 Å². The van der Waals surface area contributed by atoms with E-state index in [1.165, 1.54) is 15.9 Å². The highest BCUT2D eigenvalue weighted by molar-refractivity contribution is 7.17. The number of aromatic hydroxyl groups is 1. The van der Waals surface area contributed by atoms with Gasteiger partial charge in [-0.2, -0.15) is 4.52 Å². The van der Waals surface area contributed by atoms with Gasteiger partial charge >= 0.3 is 0 Å². The third-order valence-electron chi connectivity index (χ3n) is 4.93. The zero-order chi connectivity index (χ0) is 19.1. The minimum atomic E-state index is -0.286. The van der Waals surface area contributed by atoms with Crippen LogP contribution in [0.15, 0.2) is 18.2 Å². The van der Waals surface area contributed by atoms with Gasteiger partial charge < -0.3 is 10.2 Å². The molecule has 6 nitrogen and oxygen atoms in total. The monoisotopic (exact) mass is 426 g/mol. The molecular formula is C18H20Cl2N4O2S. The van der Waals surface area contributed by atoms with E-state index >= 15 is 0 Å². The van der Waals surface area contributed by atoms with E-state index in [1.54, 1.807) is 12.1 Å². The summed E-state index contributed by atoms with van der Waals surface area (Å²) in [5.74, 6) is 0.787. The topological polar surface area (TPSA) is 73.9 Å². The van der Waals surface area contributed by atoms with Gasteiger partial charge in [0, 0.05) is 29.6 Å². The Balaban J connectivity index is 1.82. The molecule has 1 aliphatic heterocycles. The van der Waals surface area contributed by atoms with Crippen LogP contribution in [0.5, 0.6) is 5.88 Å². The largest absolute Gasteiger partial charge is 0.492 e. The molecule has 0 bridgehead atoms. The van der Waals surface area contributed by atoms with Crippen LogP contribution in [0.1, 0.15) is 42.1 Å². The summed E-state index contributed by atoms with van der Waals surface area (Å²) < 4.78 is 1.49. The standard InChI is InChI=1S/C18H20Cl2N4O2S/c1-2-14-21-18-24(22-14)17(26)16(27-18)15(23-7-5-11(25)6-8-23)12-4-3-10(19)9-13(12)20/h3-4,9,11,15,25-26H,2,5-8H2,1H3. The number of aromatic nitrogens is 3. The summed E-state index contributed by atoms with van der Waals surface area (Å²) in [6, 6.07) is 5.17. The van der Waals surface area contributed by atoms with Crippen molar-refractivity contribution in [1.82, 2.24) is 19.5 Å². The molecule has 1 aromatic carbocycles. The van der Waals surface area contributed by atoms with Crippen molar-refractivity contribution in [1.29, 1.82) is 0 Å². The van der Waals surface area contributed by atoms with E-state index in [2.05, 4.69) is 15.0 Å². The van der Waals surface area contributed by atoms with Crippen LogP contribution in [0.3, 0.4) is 0 Å². The van der Waals surface area contributed by atoms with E-state index in [9.17, 15) is 10.2 Å². The van der Waals surface area contributed by atoms with Crippen LogP contribution in [0.4, 0.5) is 0 Å². The first-order chi connectivity index (χ1) is 13.0. The summed E-state index contributed by atoms with van der Waals surface area (Å²) in [5.41, 5.74) is 0.868. The number of benzene rings is 1. The molecule has 2 N–H and O–H groups in total. The van der Waals surface area contributed by atoms with Gasteiger partial charge in [0.05, 0.1) is 17.0 Å². The molecule has 1 atom stereocenters. The number of hydrogen-bond donors (Lipinski definition) is 2. The predicted molar refractivity (Wildman–Crippen MR) is 107 cm³/mol. The highest BCUT2D eigenvalue weighted by Crippen LogP contribution is 2.43. The number of likely N-dealkylation sites (tertiary alicyclic amines) is 1. The summed E-state index contributed by atoms with van der Waals surface area (Å²) in [5, 5.41) is 26.3. The van der Waals surface area contributed by atoms with Crippen LogP contribution in [0.2, 0.25) is 10.0 Å². The van der Waals surface area contributed by atoms with Crippen molar-refractivity contribution in [3.05, 3.63) is 44.5 Å². The fourth-order valence-corrected chi connectivity index (χ4v) is 5.13. The van der Waals surface area contributed by atoms with Crippen molar-refractivity contribution in [2.75, 3.05) is 13.1 Å². The number of thiazole rings is 1. The molecular weight excluding hydrogens is 407 g/mol. The second kappa shape index (κ2) is 7.56. The van der Waals surface area contributed by atoms with Crippen LogP contribution >= 0.6 is 34.5 Å². The normalized spacial score (nSPS) is 17.6. The average molecular weight is 427 g/mol. The SMILES string of the molecule is CCc1nc2sc(C(c3ccc(Cl)cc3Cl)N3CCC(O)CC3)c(O)n2n1. The second-order valence-corrected chi connectivity index (χ2v) is 8.55. The summed E-state index contributed by atoms with van der Waals surface area (Å²) in [7, 11) is 0. The summed E-state index contributed by atoms with van der Waals surface area (Å²) in [4.78, 5) is 8.11. The molecule has 1 fully saturated rings. The Morgan fingerprint density at radius 3 is 2.67 bits per heavy atom. The summed E-state index contributed by atoms with van der Waals surface area (Å²) in [6.07, 6.45) is 1.79. The lowest BCUT2D eigenvalue weighted by Crippen LogP contribution is -2.38. The minimum Gasteiger partial charge on any atom is -0.492 e. The van der Waals surface area contributed by atoms with Gasteiger partial charge in [-0.1, -0.05) is 47.5 Å². The summed E-state index contributed by atoms with van der Waals surface area (Å²) in [6.45, 7) is 3.39. The molecule has 9 heteroatoms. The number of rotatable bonds is 4. The molecule has 1 saturated heterocycles. The molecule has 0 spiro atoms. The van der Waals surface area contributed by atoms with E-state index in [1.807, 2.05) is 13.0 Å². The van der Waals surface area contributed by atoms with E-state index in [-0.39, 0.29) is 18.0 Å². The van der Waals surface area contributed by atoms with E-state index in [0.717, 1.165) is 10.4 Å². The maximum atomic E-state index is 10.9. The molecule has 0 aliphatic carbocycles. The van der Waals surface area contributed by atoms with Crippen LogP contribution in [0.25, 0.3) is 4.96 Å². The number of hydrogen-bond acceptors (Lipinski definition) is 6. The number of aryl methyl sites for hydroxylation is 1.